The quantitative estimate of drug-likeness (QED) is 0.253. The summed E-state index contributed by atoms with van der Waals surface area (Å²) in [6.07, 6.45) is -9.91. The van der Waals surface area contributed by atoms with E-state index in [0.717, 1.165) is 18.2 Å². The Morgan fingerprint density at radius 3 is 2.05 bits per heavy atom. The molecule has 0 bridgehead atoms. The first kappa shape index (κ1) is 29.8. The van der Waals surface area contributed by atoms with Gasteiger partial charge in [-0.3, -0.25) is 9.59 Å². The molecule has 0 spiro atoms. The van der Waals surface area contributed by atoms with Crippen LogP contribution in [0.4, 0.5) is 26.3 Å². The number of carbonyl (C=O) groups is 2. The van der Waals surface area contributed by atoms with Crippen LogP contribution in [0.3, 0.4) is 0 Å². The van der Waals surface area contributed by atoms with Gasteiger partial charge in [0.25, 0.3) is 5.91 Å². The summed E-state index contributed by atoms with van der Waals surface area (Å²) in [7, 11) is 1.29. The second-order valence-corrected chi connectivity index (χ2v) is 8.57. The Hall–Kier alpha value is -5.15. The molecule has 0 aliphatic carbocycles. The number of amides is 1. The van der Waals surface area contributed by atoms with Gasteiger partial charge in [-0.2, -0.15) is 18.3 Å². The van der Waals surface area contributed by atoms with Crippen LogP contribution < -0.4 is 14.8 Å². The summed E-state index contributed by atoms with van der Waals surface area (Å²) >= 11 is 0. The van der Waals surface area contributed by atoms with Gasteiger partial charge in [0.2, 0.25) is 5.88 Å². The molecule has 220 valence electrons. The third kappa shape index (κ3) is 7.13. The van der Waals surface area contributed by atoms with E-state index in [1.807, 2.05) is 0 Å². The number of hydrogen-bond donors (Lipinski definition) is 2. The summed E-state index contributed by atoms with van der Waals surface area (Å²) < 4.78 is 88.4. The van der Waals surface area contributed by atoms with Gasteiger partial charge in [0.05, 0.1) is 31.3 Å². The fraction of sp³-hybridized carbons (Fsp3) is 0.192. The predicted octanol–water partition coefficient (Wildman–Crippen LogP) is 5.20. The van der Waals surface area contributed by atoms with Gasteiger partial charge >= 0.3 is 18.5 Å². The normalized spacial score (nSPS) is 12.5. The molecule has 2 N–H and O–H groups in total. The van der Waals surface area contributed by atoms with Crippen LogP contribution in [-0.4, -0.2) is 50.4 Å². The highest BCUT2D eigenvalue weighted by atomic mass is 19.4. The van der Waals surface area contributed by atoms with Crippen molar-refractivity contribution in [1.29, 1.82) is 0 Å². The number of aliphatic carboxylic acids is 1. The van der Waals surface area contributed by atoms with Crippen LogP contribution >= 0.6 is 0 Å². The van der Waals surface area contributed by atoms with Crippen LogP contribution in [-0.2, 0) is 11.0 Å². The maximum atomic E-state index is 14.0. The monoisotopic (exact) mass is 595 g/mol. The van der Waals surface area contributed by atoms with Crippen LogP contribution in [0.1, 0.15) is 34.1 Å². The molecule has 0 aliphatic heterocycles. The van der Waals surface area contributed by atoms with E-state index in [0.29, 0.717) is 22.0 Å². The molecule has 2 aromatic heterocycles. The Bertz CT molecular complexity index is 1550. The van der Waals surface area contributed by atoms with Crippen molar-refractivity contribution >= 4 is 11.9 Å². The molecule has 2 heterocycles. The molecule has 10 nitrogen and oxygen atoms in total. The molecule has 1 amide bonds. The molecule has 2 aromatic carbocycles. The van der Waals surface area contributed by atoms with Crippen molar-refractivity contribution in [3.8, 4) is 28.6 Å². The molecule has 42 heavy (non-hydrogen) atoms. The second-order valence-electron chi connectivity index (χ2n) is 8.57. The highest BCUT2D eigenvalue weighted by Crippen LogP contribution is 2.34. The Morgan fingerprint density at radius 2 is 1.55 bits per heavy atom. The zero-order valence-corrected chi connectivity index (χ0v) is 21.3. The SMILES string of the molecule is COc1ccc(-n2ncc(C(=O)NC(CC(=O)O)c3ccc(-c4ccc(OC(F)(F)F)cc4)cc3)c2C(F)(F)F)nn1. The number of halogens is 6. The number of carbonyl (C=O) groups excluding carboxylic acids is 1. The lowest BCUT2D eigenvalue weighted by atomic mass is 9.98. The predicted molar refractivity (Wildman–Crippen MR) is 132 cm³/mol. The van der Waals surface area contributed by atoms with E-state index in [2.05, 4.69) is 25.3 Å². The van der Waals surface area contributed by atoms with E-state index in [9.17, 15) is 41.0 Å². The van der Waals surface area contributed by atoms with Crippen molar-refractivity contribution in [1.82, 2.24) is 25.3 Å². The minimum Gasteiger partial charge on any atom is -0.481 e. The van der Waals surface area contributed by atoms with E-state index < -0.39 is 53.9 Å². The molecule has 0 aliphatic rings. The Kier molecular flexibility index (Phi) is 8.35. The van der Waals surface area contributed by atoms with E-state index in [1.54, 1.807) is 0 Å². The average Bonchev–Trinajstić information content (AvgIpc) is 3.39. The van der Waals surface area contributed by atoms with Gasteiger partial charge in [-0.05, 0) is 34.9 Å². The number of aromatic nitrogens is 4. The van der Waals surface area contributed by atoms with E-state index in [1.165, 1.54) is 49.6 Å². The van der Waals surface area contributed by atoms with Crippen LogP contribution in [0.25, 0.3) is 16.9 Å². The molecule has 4 rings (SSSR count). The number of hydrogen-bond acceptors (Lipinski definition) is 7. The second kappa shape index (κ2) is 11.8. The van der Waals surface area contributed by atoms with Crippen molar-refractivity contribution in [2.75, 3.05) is 7.11 Å². The van der Waals surface area contributed by atoms with E-state index >= 15 is 0 Å². The van der Waals surface area contributed by atoms with Crippen LogP contribution in [0.2, 0.25) is 0 Å². The molecule has 1 atom stereocenters. The largest absolute Gasteiger partial charge is 0.573 e. The smallest absolute Gasteiger partial charge is 0.481 e. The number of nitrogens with zero attached hydrogens (tertiary/aromatic N) is 4. The summed E-state index contributed by atoms with van der Waals surface area (Å²) in [6.45, 7) is 0. The summed E-state index contributed by atoms with van der Waals surface area (Å²) in [5, 5.41) is 22.6. The molecule has 4 aromatic rings. The Balaban J connectivity index is 1.59. The van der Waals surface area contributed by atoms with Crippen molar-refractivity contribution in [3.63, 3.8) is 0 Å². The van der Waals surface area contributed by atoms with E-state index in [-0.39, 0.29) is 17.3 Å². The van der Waals surface area contributed by atoms with Gasteiger partial charge < -0.3 is 19.9 Å². The van der Waals surface area contributed by atoms with Gasteiger partial charge in [-0.25, -0.2) is 4.68 Å². The summed E-state index contributed by atoms with van der Waals surface area (Å²) in [6, 6.07) is 12.0. The third-order valence-corrected chi connectivity index (χ3v) is 5.75. The third-order valence-electron chi connectivity index (χ3n) is 5.75. The lowest BCUT2D eigenvalue weighted by molar-refractivity contribution is -0.274. The number of carboxylic acids is 1. The minimum atomic E-state index is -5.06. The van der Waals surface area contributed by atoms with Gasteiger partial charge in [0.1, 0.15) is 5.75 Å². The van der Waals surface area contributed by atoms with Crippen LogP contribution in [0.15, 0.2) is 66.9 Å². The summed E-state index contributed by atoms with van der Waals surface area (Å²) in [5.41, 5.74) is -1.07. The van der Waals surface area contributed by atoms with Gasteiger partial charge in [-0.15, -0.1) is 23.4 Å². The maximum absolute atomic E-state index is 14.0. The minimum absolute atomic E-state index is 0.0347. The number of rotatable bonds is 9. The summed E-state index contributed by atoms with van der Waals surface area (Å²) in [5.74, 6) is -3.33. The number of methoxy groups -OCH3 is 1. The fourth-order valence-corrected chi connectivity index (χ4v) is 3.92. The molecule has 1 unspecified atom stereocenters. The first-order valence-corrected chi connectivity index (χ1v) is 11.8. The first-order valence-electron chi connectivity index (χ1n) is 11.8. The molecule has 0 saturated carbocycles. The van der Waals surface area contributed by atoms with Crippen molar-refractivity contribution in [3.05, 3.63) is 83.7 Å². The van der Waals surface area contributed by atoms with Gasteiger partial charge in [-0.1, -0.05) is 36.4 Å². The Morgan fingerprint density at radius 1 is 0.929 bits per heavy atom. The van der Waals surface area contributed by atoms with Gasteiger partial charge in [0.15, 0.2) is 11.5 Å². The maximum Gasteiger partial charge on any atom is 0.573 e. The Labute approximate surface area is 232 Å². The molecule has 0 radical (unpaired) electrons. The average molecular weight is 595 g/mol. The first-order chi connectivity index (χ1) is 19.7. The van der Waals surface area contributed by atoms with Crippen molar-refractivity contribution < 1.29 is 50.5 Å². The topological polar surface area (TPSA) is 128 Å². The highest BCUT2D eigenvalue weighted by Gasteiger charge is 2.41. The molecular weight excluding hydrogens is 576 g/mol. The lowest BCUT2D eigenvalue weighted by Gasteiger charge is -2.19. The lowest BCUT2D eigenvalue weighted by Crippen LogP contribution is -2.31. The summed E-state index contributed by atoms with van der Waals surface area (Å²) in [4.78, 5) is 24.6. The number of benzene rings is 2. The number of nitrogens with one attached hydrogen (secondary N) is 1. The van der Waals surface area contributed by atoms with Crippen molar-refractivity contribution in [2.24, 2.45) is 0 Å². The number of alkyl halides is 6. The standard InChI is InChI=1S/C26H19F6N5O5/c1-41-21-11-10-20(35-36-21)37-23(25(27,28)29)18(13-33-37)24(40)34-19(12-22(38)39)16-4-2-14(3-5-16)15-6-8-17(9-7-15)42-26(30,31)32/h2-11,13,19H,12H2,1H3,(H,34,40)(H,38,39). The zero-order valence-electron chi connectivity index (χ0n) is 21.3. The fourth-order valence-electron chi connectivity index (χ4n) is 3.92. The van der Waals surface area contributed by atoms with E-state index in [4.69, 9.17) is 4.74 Å². The van der Waals surface area contributed by atoms with Crippen molar-refractivity contribution in [2.45, 2.75) is 25.0 Å². The van der Waals surface area contributed by atoms with Crippen LogP contribution in [0, 0.1) is 0 Å². The zero-order chi connectivity index (χ0) is 30.7. The highest BCUT2D eigenvalue weighted by molar-refractivity contribution is 5.96. The van der Waals surface area contributed by atoms with Crippen LogP contribution in [0.5, 0.6) is 11.6 Å². The number of ether oxygens (including phenoxy) is 2. The molecule has 0 fully saturated rings. The molecule has 16 heteroatoms. The molecule has 0 saturated heterocycles. The molecular formula is C26H19F6N5O5. The van der Waals surface area contributed by atoms with Gasteiger partial charge in [0, 0.05) is 6.07 Å². The number of carboxylic acid groups (broad SMARTS) is 1.